The third-order valence-electron chi connectivity index (χ3n) is 2.20. The maximum Gasteiger partial charge on any atom is 0.240 e. The number of carbonyl (C=O) groups is 2. The highest BCUT2D eigenvalue weighted by molar-refractivity contribution is 5.85. The van der Waals surface area contributed by atoms with Crippen molar-refractivity contribution in [2.24, 2.45) is 5.73 Å². The summed E-state index contributed by atoms with van der Waals surface area (Å²) >= 11 is 0. The lowest BCUT2D eigenvalue weighted by Crippen LogP contribution is -2.44. The Hall–Kier alpha value is -2.24. The van der Waals surface area contributed by atoms with E-state index in [9.17, 15) is 14.7 Å². The van der Waals surface area contributed by atoms with E-state index in [1.807, 2.05) is 0 Å². The van der Waals surface area contributed by atoms with E-state index < -0.39 is 11.9 Å². The molecule has 1 aromatic carbocycles. The lowest BCUT2D eigenvalue weighted by atomic mass is 10.0. The number of nitrogens with two attached hydrogens (primary N) is 1. The Morgan fingerprint density at radius 1 is 1.35 bits per heavy atom. The van der Waals surface area contributed by atoms with Crippen LogP contribution in [0.25, 0.3) is 0 Å². The van der Waals surface area contributed by atoms with Crippen LogP contribution in [0, 0.1) is 0 Å². The summed E-state index contributed by atoms with van der Waals surface area (Å²) in [5.74, 6) is -1.55. The molecule has 0 aromatic heterocycles. The zero-order valence-electron chi connectivity index (χ0n) is 9.30. The maximum atomic E-state index is 11.1. The van der Waals surface area contributed by atoms with Crippen LogP contribution in [-0.2, 0) is 16.0 Å². The van der Waals surface area contributed by atoms with Gasteiger partial charge in [-0.3, -0.25) is 9.59 Å². The van der Waals surface area contributed by atoms with Crippen molar-refractivity contribution in [3.8, 4) is 11.5 Å². The topological polar surface area (TPSA) is 113 Å². The van der Waals surface area contributed by atoms with Crippen LogP contribution in [0.4, 0.5) is 0 Å². The molecule has 0 radical (unpaired) electrons. The van der Waals surface area contributed by atoms with E-state index in [1.54, 1.807) is 0 Å². The highest BCUT2D eigenvalue weighted by atomic mass is 16.3. The predicted molar refractivity (Wildman–Crippen MR) is 60.3 cm³/mol. The summed E-state index contributed by atoms with van der Waals surface area (Å²) in [5, 5.41) is 20.8. The van der Waals surface area contributed by atoms with Gasteiger partial charge in [0.1, 0.15) is 6.04 Å². The molecule has 0 saturated carbocycles. The van der Waals surface area contributed by atoms with Gasteiger partial charge in [0.25, 0.3) is 0 Å². The van der Waals surface area contributed by atoms with Crippen molar-refractivity contribution in [1.29, 1.82) is 0 Å². The molecular formula is C11H14N2O4. The molecule has 1 unspecified atom stereocenters. The van der Waals surface area contributed by atoms with Gasteiger partial charge in [0, 0.05) is 13.3 Å². The van der Waals surface area contributed by atoms with Gasteiger partial charge in [-0.05, 0) is 17.7 Å². The molecule has 0 bridgehead atoms. The number of benzene rings is 1. The summed E-state index contributed by atoms with van der Waals surface area (Å²) in [5.41, 5.74) is 5.72. The van der Waals surface area contributed by atoms with E-state index in [-0.39, 0.29) is 23.8 Å². The molecule has 1 aromatic rings. The van der Waals surface area contributed by atoms with E-state index in [0.29, 0.717) is 5.56 Å². The number of carbonyl (C=O) groups excluding carboxylic acids is 2. The van der Waals surface area contributed by atoms with Crippen LogP contribution in [-0.4, -0.2) is 28.1 Å². The molecule has 0 fully saturated rings. The van der Waals surface area contributed by atoms with Crippen LogP contribution in [0.15, 0.2) is 18.2 Å². The van der Waals surface area contributed by atoms with Gasteiger partial charge in [-0.25, -0.2) is 0 Å². The molecule has 0 spiro atoms. The highest BCUT2D eigenvalue weighted by Gasteiger charge is 2.17. The van der Waals surface area contributed by atoms with Gasteiger partial charge in [-0.1, -0.05) is 6.07 Å². The number of primary amides is 1. The molecule has 0 aliphatic heterocycles. The second kappa shape index (κ2) is 5.20. The molecule has 0 heterocycles. The van der Waals surface area contributed by atoms with Gasteiger partial charge < -0.3 is 21.3 Å². The summed E-state index contributed by atoms with van der Waals surface area (Å²) in [6.45, 7) is 1.28. The number of amides is 2. The molecule has 6 nitrogen and oxygen atoms in total. The molecule has 2 amide bonds. The van der Waals surface area contributed by atoms with Crippen molar-refractivity contribution in [1.82, 2.24) is 5.32 Å². The van der Waals surface area contributed by atoms with Crippen molar-refractivity contribution in [2.45, 2.75) is 19.4 Å². The average Bonchev–Trinajstić information content (AvgIpc) is 2.21. The van der Waals surface area contributed by atoms with Crippen LogP contribution < -0.4 is 11.1 Å². The van der Waals surface area contributed by atoms with Crippen molar-refractivity contribution in [3.05, 3.63) is 23.8 Å². The number of nitrogens with one attached hydrogen (secondary N) is 1. The first-order valence-corrected chi connectivity index (χ1v) is 4.97. The molecule has 17 heavy (non-hydrogen) atoms. The zero-order chi connectivity index (χ0) is 13.0. The van der Waals surface area contributed by atoms with E-state index in [2.05, 4.69) is 5.32 Å². The number of hydrogen-bond acceptors (Lipinski definition) is 4. The Bertz CT molecular complexity index is 445. The van der Waals surface area contributed by atoms with E-state index in [4.69, 9.17) is 10.8 Å². The normalized spacial score (nSPS) is 11.8. The minimum atomic E-state index is -0.837. The monoisotopic (exact) mass is 238 g/mol. The van der Waals surface area contributed by atoms with Crippen LogP contribution >= 0.6 is 0 Å². The zero-order valence-corrected chi connectivity index (χ0v) is 9.30. The van der Waals surface area contributed by atoms with Crippen molar-refractivity contribution in [2.75, 3.05) is 0 Å². The third-order valence-corrected chi connectivity index (χ3v) is 2.20. The average molecular weight is 238 g/mol. The van der Waals surface area contributed by atoms with E-state index >= 15 is 0 Å². The fourth-order valence-electron chi connectivity index (χ4n) is 1.40. The molecule has 92 valence electrons. The van der Waals surface area contributed by atoms with Gasteiger partial charge in [0.2, 0.25) is 11.8 Å². The van der Waals surface area contributed by atoms with Crippen molar-refractivity contribution in [3.63, 3.8) is 0 Å². The summed E-state index contributed by atoms with van der Waals surface area (Å²) in [6, 6.07) is 3.31. The minimum absolute atomic E-state index is 0.156. The summed E-state index contributed by atoms with van der Waals surface area (Å²) < 4.78 is 0. The predicted octanol–water partition coefficient (Wildman–Crippen LogP) is -0.370. The molecule has 1 rings (SSSR count). The lowest BCUT2D eigenvalue weighted by molar-refractivity contribution is -0.126. The van der Waals surface area contributed by atoms with E-state index in [0.717, 1.165) is 0 Å². The van der Waals surface area contributed by atoms with E-state index in [1.165, 1.54) is 25.1 Å². The first kappa shape index (κ1) is 12.8. The second-order valence-electron chi connectivity index (χ2n) is 3.68. The molecular weight excluding hydrogens is 224 g/mol. The number of hydrogen-bond donors (Lipinski definition) is 4. The van der Waals surface area contributed by atoms with Gasteiger partial charge >= 0.3 is 0 Å². The molecule has 0 aliphatic carbocycles. The molecule has 0 saturated heterocycles. The fraction of sp³-hybridized carbons (Fsp3) is 0.273. The Morgan fingerprint density at radius 2 is 2.00 bits per heavy atom. The SMILES string of the molecule is CC(=O)NC(Cc1ccc(O)c(O)c1)C(N)=O. The third kappa shape index (κ3) is 3.67. The largest absolute Gasteiger partial charge is 0.504 e. The lowest BCUT2D eigenvalue weighted by Gasteiger charge is -2.14. The highest BCUT2D eigenvalue weighted by Crippen LogP contribution is 2.25. The molecule has 5 N–H and O–H groups in total. The molecule has 6 heteroatoms. The van der Waals surface area contributed by atoms with Crippen LogP contribution in [0.5, 0.6) is 11.5 Å². The maximum absolute atomic E-state index is 11.1. The Balaban J connectivity index is 2.82. The molecule has 0 aliphatic rings. The van der Waals surface area contributed by atoms with Crippen molar-refractivity contribution < 1.29 is 19.8 Å². The standard InChI is InChI=1S/C11H14N2O4/c1-6(14)13-8(11(12)17)4-7-2-3-9(15)10(16)5-7/h2-3,5,8,15-16H,4H2,1H3,(H2,12,17)(H,13,14). The minimum Gasteiger partial charge on any atom is -0.504 e. The summed E-state index contributed by atoms with van der Waals surface area (Å²) in [4.78, 5) is 21.9. The number of aromatic hydroxyl groups is 2. The Morgan fingerprint density at radius 3 is 2.47 bits per heavy atom. The quantitative estimate of drug-likeness (QED) is 0.536. The summed E-state index contributed by atoms with van der Waals surface area (Å²) in [7, 11) is 0. The first-order chi connectivity index (χ1) is 7.90. The molecule has 1 atom stereocenters. The van der Waals surface area contributed by atoms with Crippen LogP contribution in [0.1, 0.15) is 12.5 Å². The van der Waals surface area contributed by atoms with Crippen LogP contribution in [0.2, 0.25) is 0 Å². The first-order valence-electron chi connectivity index (χ1n) is 4.97. The smallest absolute Gasteiger partial charge is 0.240 e. The number of phenols is 2. The van der Waals surface area contributed by atoms with Gasteiger partial charge in [-0.2, -0.15) is 0 Å². The van der Waals surface area contributed by atoms with Gasteiger partial charge in [0.05, 0.1) is 0 Å². The number of rotatable bonds is 4. The van der Waals surface area contributed by atoms with Gasteiger partial charge in [-0.15, -0.1) is 0 Å². The van der Waals surface area contributed by atoms with Gasteiger partial charge in [0.15, 0.2) is 11.5 Å². The Kier molecular flexibility index (Phi) is 3.92. The second-order valence-corrected chi connectivity index (χ2v) is 3.68. The summed E-state index contributed by atoms with van der Waals surface area (Å²) in [6.07, 6.45) is 0.156. The van der Waals surface area contributed by atoms with Crippen LogP contribution in [0.3, 0.4) is 0 Å². The fourth-order valence-corrected chi connectivity index (χ4v) is 1.40. The Labute approximate surface area is 98.1 Å². The van der Waals surface area contributed by atoms with Crippen molar-refractivity contribution >= 4 is 11.8 Å². The number of phenolic OH excluding ortho intramolecular Hbond substituents is 2.